The van der Waals surface area contributed by atoms with Crippen molar-refractivity contribution < 1.29 is 0 Å². The molecule has 0 aliphatic rings. The number of rotatable bonds is 3. The Morgan fingerprint density at radius 1 is 1.09 bits per heavy atom. The molecule has 0 N–H and O–H groups in total. The van der Waals surface area contributed by atoms with Crippen LogP contribution in [0.4, 0.5) is 0 Å². The van der Waals surface area contributed by atoms with E-state index in [1.807, 2.05) is 6.08 Å². The predicted octanol–water partition coefficient (Wildman–Crippen LogP) is 4.02. The molecule has 0 nitrogen and oxygen atoms in total. The predicted molar refractivity (Wildman–Crippen MR) is 52.7 cm³/mol. The molecule has 0 saturated carbocycles. The second kappa shape index (κ2) is 3.42. The summed E-state index contributed by atoms with van der Waals surface area (Å²) in [7, 11) is 0. The van der Waals surface area contributed by atoms with Crippen LogP contribution in [0.25, 0.3) is 0 Å². The van der Waals surface area contributed by atoms with Gasteiger partial charge in [0.2, 0.25) is 0 Å². The number of allylic oxidation sites excluding steroid dienone is 1. The Labute approximate surface area is 71.7 Å². The molecule has 0 heteroatoms. The average molecular weight is 154 g/mol. The standard InChI is InChI=1S/C11H22/c1-7-8-11(5,6)9-10(2,3)4/h7H,1,8-9H2,2-6H3. The minimum atomic E-state index is 0.417. The molecule has 0 aromatic heterocycles. The van der Waals surface area contributed by atoms with Crippen LogP contribution in [0.15, 0.2) is 12.7 Å². The lowest BCUT2D eigenvalue weighted by atomic mass is 9.74. The summed E-state index contributed by atoms with van der Waals surface area (Å²) in [6.07, 6.45) is 4.39. The molecular weight excluding hydrogens is 132 g/mol. The second-order valence-corrected chi connectivity index (χ2v) is 5.39. The summed E-state index contributed by atoms with van der Waals surface area (Å²) in [5.74, 6) is 0. The fraction of sp³-hybridized carbons (Fsp3) is 0.818. The monoisotopic (exact) mass is 154 g/mol. The van der Waals surface area contributed by atoms with Gasteiger partial charge < -0.3 is 0 Å². The van der Waals surface area contributed by atoms with Crippen LogP contribution in [0.2, 0.25) is 0 Å². The molecule has 0 saturated heterocycles. The van der Waals surface area contributed by atoms with Crippen molar-refractivity contribution in [2.75, 3.05) is 0 Å². The van der Waals surface area contributed by atoms with Gasteiger partial charge in [0.05, 0.1) is 0 Å². The molecule has 66 valence electrons. The molecule has 0 fully saturated rings. The van der Waals surface area contributed by atoms with E-state index in [1.54, 1.807) is 0 Å². The van der Waals surface area contributed by atoms with Crippen LogP contribution >= 0.6 is 0 Å². The van der Waals surface area contributed by atoms with E-state index >= 15 is 0 Å². The van der Waals surface area contributed by atoms with Gasteiger partial charge in [0.15, 0.2) is 0 Å². The van der Waals surface area contributed by atoms with Gasteiger partial charge in [-0.2, -0.15) is 0 Å². The number of hydrogen-bond donors (Lipinski definition) is 0. The van der Waals surface area contributed by atoms with E-state index in [0.29, 0.717) is 10.8 Å². The minimum absolute atomic E-state index is 0.417. The van der Waals surface area contributed by atoms with E-state index in [2.05, 4.69) is 41.2 Å². The van der Waals surface area contributed by atoms with Crippen LogP contribution in [-0.4, -0.2) is 0 Å². The van der Waals surface area contributed by atoms with E-state index in [9.17, 15) is 0 Å². The maximum absolute atomic E-state index is 3.78. The molecular formula is C11H22. The van der Waals surface area contributed by atoms with Gasteiger partial charge in [0, 0.05) is 0 Å². The van der Waals surface area contributed by atoms with Gasteiger partial charge >= 0.3 is 0 Å². The van der Waals surface area contributed by atoms with Crippen LogP contribution in [-0.2, 0) is 0 Å². The van der Waals surface area contributed by atoms with Crippen molar-refractivity contribution in [2.45, 2.75) is 47.5 Å². The molecule has 11 heavy (non-hydrogen) atoms. The molecule has 0 spiro atoms. The lowest BCUT2D eigenvalue weighted by molar-refractivity contribution is 0.215. The van der Waals surface area contributed by atoms with Gasteiger partial charge in [0.25, 0.3) is 0 Å². The molecule has 0 aliphatic carbocycles. The van der Waals surface area contributed by atoms with Crippen molar-refractivity contribution in [3.8, 4) is 0 Å². The summed E-state index contributed by atoms with van der Waals surface area (Å²) in [4.78, 5) is 0. The molecule has 0 bridgehead atoms. The Morgan fingerprint density at radius 3 is 1.82 bits per heavy atom. The van der Waals surface area contributed by atoms with Gasteiger partial charge in [-0.15, -0.1) is 6.58 Å². The largest absolute Gasteiger partial charge is 0.103 e. The maximum atomic E-state index is 3.78. The van der Waals surface area contributed by atoms with Gasteiger partial charge in [-0.05, 0) is 23.7 Å². The summed E-state index contributed by atoms with van der Waals surface area (Å²) in [5.41, 5.74) is 0.854. The molecule has 0 radical (unpaired) electrons. The fourth-order valence-electron chi connectivity index (χ4n) is 1.90. The molecule has 0 amide bonds. The van der Waals surface area contributed by atoms with Crippen LogP contribution in [0.3, 0.4) is 0 Å². The summed E-state index contributed by atoms with van der Waals surface area (Å²) in [5, 5.41) is 0. The second-order valence-electron chi connectivity index (χ2n) is 5.39. The Morgan fingerprint density at radius 2 is 1.55 bits per heavy atom. The third kappa shape index (κ3) is 6.15. The summed E-state index contributed by atoms with van der Waals surface area (Å²) in [6.45, 7) is 15.3. The van der Waals surface area contributed by atoms with Crippen LogP contribution in [0, 0.1) is 10.8 Å². The first-order valence-corrected chi connectivity index (χ1v) is 4.38. The van der Waals surface area contributed by atoms with Crippen LogP contribution in [0.1, 0.15) is 47.5 Å². The Bertz CT molecular complexity index is 123. The van der Waals surface area contributed by atoms with Gasteiger partial charge in [-0.25, -0.2) is 0 Å². The fourth-order valence-corrected chi connectivity index (χ4v) is 1.90. The van der Waals surface area contributed by atoms with Crippen molar-refractivity contribution in [2.24, 2.45) is 10.8 Å². The lowest BCUT2D eigenvalue weighted by Crippen LogP contribution is -2.19. The van der Waals surface area contributed by atoms with Crippen molar-refractivity contribution in [1.82, 2.24) is 0 Å². The smallest absolute Gasteiger partial charge is 0.0302 e. The first-order valence-electron chi connectivity index (χ1n) is 4.38. The summed E-state index contributed by atoms with van der Waals surface area (Å²) >= 11 is 0. The molecule has 0 aliphatic heterocycles. The van der Waals surface area contributed by atoms with Crippen molar-refractivity contribution >= 4 is 0 Å². The van der Waals surface area contributed by atoms with Gasteiger partial charge in [0.1, 0.15) is 0 Å². The van der Waals surface area contributed by atoms with Crippen molar-refractivity contribution in [1.29, 1.82) is 0 Å². The summed E-state index contributed by atoms with van der Waals surface area (Å²) < 4.78 is 0. The number of hydrogen-bond acceptors (Lipinski definition) is 0. The van der Waals surface area contributed by atoms with E-state index in [0.717, 1.165) is 6.42 Å². The maximum Gasteiger partial charge on any atom is -0.0302 e. The molecule has 0 rings (SSSR count). The first-order chi connectivity index (χ1) is 4.77. The SMILES string of the molecule is C=CCC(C)(C)CC(C)(C)C. The first kappa shape index (κ1) is 10.7. The van der Waals surface area contributed by atoms with Crippen LogP contribution in [0.5, 0.6) is 0 Å². The average Bonchev–Trinajstić information content (AvgIpc) is 1.55. The third-order valence-electron chi connectivity index (χ3n) is 1.71. The molecule has 0 aromatic carbocycles. The highest BCUT2D eigenvalue weighted by molar-refractivity contribution is 4.83. The zero-order valence-electron chi connectivity index (χ0n) is 8.70. The van der Waals surface area contributed by atoms with Gasteiger partial charge in [-0.3, -0.25) is 0 Å². The van der Waals surface area contributed by atoms with E-state index in [4.69, 9.17) is 0 Å². The Kier molecular flexibility index (Phi) is 3.34. The van der Waals surface area contributed by atoms with Gasteiger partial charge in [-0.1, -0.05) is 40.7 Å². The Hall–Kier alpha value is -0.260. The quantitative estimate of drug-likeness (QED) is 0.538. The molecule has 0 unspecified atom stereocenters. The molecule has 0 heterocycles. The third-order valence-corrected chi connectivity index (χ3v) is 1.71. The highest BCUT2D eigenvalue weighted by atomic mass is 14.3. The van der Waals surface area contributed by atoms with Crippen molar-refractivity contribution in [3.05, 3.63) is 12.7 Å². The highest BCUT2D eigenvalue weighted by Gasteiger charge is 2.23. The summed E-state index contributed by atoms with van der Waals surface area (Å²) in [6, 6.07) is 0. The van der Waals surface area contributed by atoms with Crippen molar-refractivity contribution in [3.63, 3.8) is 0 Å². The normalized spacial score (nSPS) is 13.2. The van der Waals surface area contributed by atoms with E-state index in [-0.39, 0.29) is 0 Å². The topological polar surface area (TPSA) is 0 Å². The lowest BCUT2D eigenvalue weighted by Gasteiger charge is -2.31. The Balaban J connectivity index is 4.00. The minimum Gasteiger partial charge on any atom is -0.103 e. The van der Waals surface area contributed by atoms with E-state index in [1.165, 1.54) is 6.42 Å². The highest BCUT2D eigenvalue weighted by Crippen LogP contribution is 2.35. The molecule has 0 atom stereocenters. The van der Waals surface area contributed by atoms with E-state index < -0.39 is 0 Å². The van der Waals surface area contributed by atoms with Crippen LogP contribution < -0.4 is 0 Å². The zero-order valence-corrected chi connectivity index (χ0v) is 8.70. The zero-order chi connectivity index (χ0) is 9.12. The molecule has 0 aromatic rings.